The Morgan fingerprint density at radius 3 is 2.81 bits per heavy atom. The maximum Gasteiger partial charge on any atom is 0.0743 e. The number of fused-ring (bicyclic) bond motifs is 1. The standard InChI is InChI=1S/C14H19NO/c16-14-9-3-8-13(14)15-10-4-6-11-5-1-2-7-12(11)15/h1-2,5,7,13-14,16H,3-4,6,8-10H2/t13-,14-/m1/s1. The summed E-state index contributed by atoms with van der Waals surface area (Å²) in [5.74, 6) is 0. The Hall–Kier alpha value is -1.02. The van der Waals surface area contributed by atoms with Crippen LogP contribution in [-0.2, 0) is 6.42 Å². The number of anilines is 1. The summed E-state index contributed by atoms with van der Waals surface area (Å²) in [7, 11) is 0. The molecule has 1 heterocycles. The maximum atomic E-state index is 10.0. The van der Waals surface area contributed by atoms with Crippen molar-refractivity contribution in [1.29, 1.82) is 0 Å². The van der Waals surface area contributed by atoms with Gasteiger partial charge in [0.05, 0.1) is 12.1 Å². The first-order valence-corrected chi connectivity index (χ1v) is 6.39. The largest absolute Gasteiger partial charge is 0.391 e. The molecule has 2 nitrogen and oxygen atoms in total. The molecule has 0 saturated heterocycles. The highest BCUT2D eigenvalue weighted by Crippen LogP contribution is 2.34. The summed E-state index contributed by atoms with van der Waals surface area (Å²) in [6, 6.07) is 9.02. The van der Waals surface area contributed by atoms with Crippen molar-refractivity contribution < 1.29 is 5.11 Å². The van der Waals surface area contributed by atoms with Crippen LogP contribution in [0.1, 0.15) is 31.2 Å². The molecule has 16 heavy (non-hydrogen) atoms. The van der Waals surface area contributed by atoms with Crippen LogP contribution >= 0.6 is 0 Å². The zero-order chi connectivity index (χ0) is 11.0. The van der Waals surface area contributed by atoms with Gasteiger partial charge in [-0.1, -0.05) is 18.2 Å². The molecule has 1 fully saturated rings. The van der Waals surface area contributed by atoms with Gasteiger partial charge in [-0.15, -0.1) is 0 Å². The lowest BCUT2D eigenvalue weighted by Gasteiger charge is -2.37. The molecule has 1 aromatic carbocycles. The van der Waals surface area contributed by atoms with Crippen LogP contribution in [0.2, 0.25) is 0 Å². The summed E-state index contributed by atoms with van der Waals surface area (Å²) < 4.78 is 0. The molecule has 2 aliphatic rings. The zero-order valence-corrected chi connectivity index (χ0v) is 9.60. The maximum absolute atomic E-state index is 10.0. The van der Waals surface area contributed by atoms with Gasteiger partial charge in [0.25, 0.3) is 0 Å². The first kappa shape index (κ1) is 10.2. The van der Waals surface area contributed by atoms with E-state index in [0.29, 0.717) is 6.04 Å². The lowest BCUT2D eigenvalue weighted by molar-refractivity contribution is 0.160. The van der Waals surface area contributed by atoms with Crippen LogP contribution in [0.4, 0.5) is 5.69 Å². The molecular formula is C14H19NO. The minimum atomic E-state index is -0.119. The Balaban J connectivity index is 1.92. The van der Waals surface area contributed by atoms with E-state index in [1.54, 1.807) is 0 Å². The Bertz CT molecular complexity index is 377. The lowest BCUT2D eigenvalue weighted by Crippen LogP contribution is -2.43. The van der Waals surface area contributed by atoms with Crippen molar-refractivity contribution in [2.45, 2.75) is 44.2 Å². The highest BCUT2D eigenvalue weighted by Gasteiger charge is 2.32. The van der Waals surface area contributed by atoms with Crippen molar-refractivity contribution >= 4 is 5.69 Å². The summed E-state index contributed by atoms with van der Waals surface area (Å²) in [4.78, 5) is 2.44. The van der Waals surface area contributed by atoms with Gasteiger partial charge in [0, 0.05) is 12.2 Å². The van der Waals surface area contributed by atoms with Gasteiger partial charge in [-0.05, 0) is 43.7 Å². The summed E-state index contributed by atoms with van der Waals surface area (Å²) in [5, 5.41) is 10.0. The van der Waals surface area contributed by atoms with Gasteiger partial charge < -0.3 is 10.0 Å². The number of aliphatic hydroxyl groups excluding tert-OH is 1. The van der Waals surface area contributed by atoms with Gasteiger partial charge in [-0.2, -0.15) is 0 Å². The number of aryl methyl sites for hydroxylation is 1. The highest BCUT2D eigenvalue weighted by molar-refractivity contribution is 5.56. The van der Waals surface area contributed by atoms with Crippen LogP contribution in [0.5, 0.6) is 0 Å². The smallest absolute Gasteiger partial charge is 0.0743 e. The number of benzene rings is 1. The number of rotatable bonds is 1. The predicted molar refractivity (Wildman–Crippen MR) is 65.8 cm³/mol. The van der Waals surface area contributed by atoms with Gasteiger partial charge in [0.15, 0.2) is 0 Å². The van der Waals surface area contributed by atoms with Crippen molar-refractivity contribution in [3.8, 4) is 0 Å². The lowest BCUT2D eigenvalue weighted by atomic mass is 9.99. The van der Waals surface area contributed by atoms with Crippen LogP contribution < -0.4 is 4.90 Å². The average molecular weight is 217 g/mol. The van der Waals surface area contributed by atoms with E-state index in [1.807, 2.05) is 0 Å². The van der Waals surface area contributed by atoms with Gasteiger partial charge in [0.1, 0.15) is 0 Å². The molecule has 86 valence electrons. The Kier molecular flexibility index (Phi) is 2.60. The van der Waals surface area contributed by atoms with Crippen molar-refractivity contribution in [2.75, 3.05) is 11.4 Å². The number of para-hydroxylation sites is 1. The number of hydrogen-bond acceptors (Lipinski definition) is 2. The monoisotopic (exact) mass is 217 g/mol. The quantitative estimate of drug-likeness (QED) is 0.780. The summed E-state index contributed by atoms with van der Waals surface area (Å²) in [6.07, 6.45) is 5.59. The van der Waals surface area contributed by atoms with Crippen molar-refractivity contribution in [2.24, 2.45) is 0 Å². The first-order valence-electron chi connectivity index (χ1n) is 6.39. The summed E-state index contributed by atoms with van der Waals surface area (Å²) in [6.45, 7) is 1.11. The Labute approximate surface area is 96.9 Å². The van der Waals surface area contributed by atoms with Crippen LogP contribution in [0.15, 0.2) is 24.3 Å². The molecule has 1 N–H and O–H groups in total. The summed E-state index contributed by atoms with van der Waals surface area (Å²) >= 11 is 0. The molecule has 2 atom stereocenters. The van der Waals surface area contributed by atoms with Crippen LogP contribution in [0.3, 0.4) is 0 Å². The average Bonchev–Trinajstić information content (AvgIpc) is 2.75. The van der Waals surface area contributed by atoms with E-state index in [2.05, 4.69) is 29.2 Å². The third-order valence-electron chi connectivity index (χ3n) is 3.99. The van der Waals surface area contributed by atoms with Gasteiger partial charge in [-0.3, -0.25) is 0 Å². The molecule has 0 amide bonds. The molecular weight excluding hydrogens is 198 g/mol. The fourth-order valence-corrected chi connectivity index (χ4v) is 3.19. The fourth-order valence-electron chi connectivity index (χ4n) is 3.19. The third kappa shape index (κ3) is 1.61. The van der Waals surface area contributed by atoms with E-state index >= 15 is 0 Å². The normalized spacial score (nSPS) is 29.2. The molecule has 2 heteroatoms. The molecule has 0 spiro atoms. The second-order valence-electron chi connectivity index (χ2n) is 4.99. The second kappa shape index (κ2) is 4.10. The van der Waals surface area contributed by atoms with E-state index in [9.17, 15) is 5.11 Å². The molecule has 0 radical (unpaired) electrons. The van der Waals surface area contributed by atoms with E-state index in [0.717, 1.165) is 19.4 Å². The highest BCUT2D eigenvalue weighted by atomic mass is 16.3. The number of aliphatic hydroxyl groups is 1. The Morgan fingerprint density at radius 2 is 2.00 bits per heavy atom. The van der Waals surface area contributed by atoms with Crippen LogP contribution in [-0.4, -0.2) is 23.8 Å². The topological polar surface area (TPSA) is 23.5 Å². The molecule has 0 aromatic heterocycles. The number of hydrogen-bond donors (Lipinski definition) is 1. The van der Waals surface area contributed by atoms with Crippen molar-refractivity contribution in [3.05, 3.63) is 29.8 Å². The molecule has 1 aromatic rings. The minimum Gasteiger partial charge on any atom is -0.391 e. The minimum absolute atomic E-state index is 0.119. The first-order chi connectivity index (χ1) is 7.86. The molecule has 0 unspecified atom stereocenters. The van der Waals surface area contributed by atoms with Gasteiger partial charge >= 0.3 is 0 Å². The van der Waals surface area contributed by atoms with E-state index in [-0.39, 0.29) is 6.10 Å². The van der Waals surface area contributed by atoms with Crippen molar-refractivity contribution in [1.82, 2.24) is 0 Å². The van der Waals surface area contributed by atoms with E-state index in [4.69, 9.17) is 0 Å². The summed E-state index contributed by atoms with van der Waals surface area (Å²) in [5.41, 5.74) is 2.81. The van der Waals surface area contributed by atoms with Gasteiger partial charge in [-0.25, -0.2) is 0 Å². The molecule has 1 saturated carbocycles. The second-order valence-corrected chi connectivity index (χ2v) is 4.99. The molecule has 1 aliphatic heterocycles. The van der Waals surface area contributed by atoms with Crippen LogP contribution in [0, 0.1) is 0 Å². The van der Waals surface area contributed by atoms with E-state index < -0.39 is 0 Å². The molecule has 1 aliphatic carbocycles. The predicted octanol–water partition coefficient (Wildman–Crippen LogP) is 2.35. The van der Waals surface area contributed by atoms with Crippen molar-refractivity contribution in [3.63, 3.8) is 0 Å². The van der Waals surface area contributed by atoms with E-state index in [1.165, 1.54) is 30.5 Å². The molecule has 0 bridgehead atoms. The SMILES string of the molecule is O[C@@H]1CCC[C@H]1N1CCCc2ccccc21. The fraction of sp³-hybridized carbons (Fsp3) is 0.571. The number of nitrogens with zero attached hydrogens (tertiary/aromatic N) is 1. The third-order valence-corrected chi connectivity index (χ3v) is 3.99. The van der Waals surface area contributed by atoms with Crippen LogP contribution in [0.25, 0.3) is 0 Å². The Morgan fingerprint density at radius 1 is 1.12 bits per heavy atom. The van der Waals surface area contributed by atoms with Gasteiger partial charge in [0.2, 0.25) is 0 Å². The zero-order valence-electron chi connectivity index (χ0n) is 9.60. The molecule has 3 rings (SSSR count).